The molecule has 1 aliphatic rings. The van der Waals surface area contributed by atoms with Crippen LogP contribution in [0.3, 0.4) is 0 Å². The number of hydrogen-bond donors (Lipinski definition) is 1. The van der Waals surface area contributed by atoms with Gasteiger partial charge in [-0.2, -0.15) is 17.0 Å². The maximum Gasteiger partial charge on any atom is 0.282 e. The fourth-order valence-electron chi connectivity index (χ4n) is 2.81. The first-order chi connectivity index (χ1) is 10.9. The molecule has 1 unspecified atom stereocenters. The summed E-state index contributed by atoms with van der Waals surface area (Å²) >= 11 is 0. The molecular weight excluding hydrogens is 316 g/mol. The number of nitrogens with one attached hydrogen (secondary N) is 1. The number of rotatable bonds is 4. The van der Waals surface area contributed by atoms with Crippen LogP contribution in [-0.2, 0) is 10.2 Å². The largest absolute Gasteiger partial charge is 0.343 e. The summed E-state index contributed by atoms with van der Waals surface area (Å²) in [5.74, 6) is 1.25. The molecule has 0 radical (unpaired) electrons. The number of hydrogen-bond acceptors (Lipinski definition) is 5. The quantitative estimate of drug-likeness (QED) is 0.903. The van der Waals surface area contributed by atoms with E-state index in [2.05, 4.69) is 19.9 Å². The first-order valence-corrected chi connectivity index (χ1v) is 8.84. The van der Waals surface area contributed by atoms with Crippen molar-refractivity contribution < 1.29 is 8.42 Å². The van der Waals surface area contributed by atoms with Gasteiger partial charge >= 0.3 is 0 Å². The Morgan fingerprint density at radius 1 is 1.35 bits per heavy atom. The molecule has 8 nitrogen and oxygen atoms in total. The predicted molar refractivity (Wildman–Crippen MR) is 85.6 cm³/mol. The highest BCUT2D eigenvalue weighted by Crippen LogP contribution is 2.34. The van der Waals surface area contributed by atoms with Crippen LogP contribution in [0.15, 0.2) is 18.5 Å². The Morgan fingerprint density at radius 3 is 2.78 bits per heavy atom. The number of aryl methyl sites for hydroxylation is 1. The van der Waals surface area contributed by atoms with Crippen LogP contribution < -0.4 is 0 Å². The fourth-order valence-corrected chi connectivity index (χ4v) is 4.12. The molecule has 1 N–H and O–H groups in total. The summed E-state index contributed by atoms with van der Waals surface area (Å²) in [6.45, 7) is 2.31. The lowest BCUT2D eigenvalue weighted by Gasteiger charge is -2.26. The number of aromatic nitrogens is 4. The highest BCUT2D eigenvalue weighted by atomic mass is 32.2. The molecule has 0 aliphatic carbocycles. The zero-order valence-electron chi connectivity index (χ0n) is 13.4. The van der Waals surface area contributed by atoms with Crippen LogP contribution in [0, 0.1) is 6.92 Å². The minimum atomic E-state index is -3.47. The molecule has 124 valence electrons. The molecule has 0 aromatic carbocycles. The van der Waals surface area contributed by atoms with Crippen molar-refractivity contribution in [3.63, 3.8) is 0 Å². The van der Waals surface area contributed by atoms with Crippen LogP contribution in [0.1, 0.15) is 30.4 Å². The van der Waals surface area contributed by atoms with Gasteiger partial charge in [0.05, 0.1) is 11.7 Å². The van der Waals surface area contributed by atoms with Crippen LogP contribution in [0.2, 0.25) is 0 Å². The monoisotopic (exact) mass is 336 g/mol. The van der Waals surface area contributed by atoms with Crippen molar-refractivity contribution in [2.75, 3.05) is 20.6 Å². The SMILES string of the molecule is Cc1nc(-c2ncc[nH]2)cc(C2CCCN2S(=O)(=O)N(C)C)n1. The van der Waals surface area contributed by atoms with Crippen LogP contribution in [0.5, 0.6) is 0 Å². The van der Waals surface area contributed by atoms with Gasteiger partial charge in [0, 0.05) is 33.0 Å². The molecule has 1 saturated heterocycles. The number of H-pyrrole nitrogens is 1. The highest BCUT2D eigenvalue weighted by molar-refractivity contribution is 7.86. The third kappa shape index (κ3) is 2.99. The minimum Gasteiger partial charge on any atom is -0.343 e. The van der Waals surface area contributed by atoms with E-state index in [-0.39, 0.29) is 6.04 Å². The smallest absolute Gasteiger partial charge is 0.282 e. The van der Waals surface area contributed by atoms with Crippen molar-refractivity contribution >= 4 is 10.2 Å². The maximum atomic E-state index is 12.5. The number of aromatic amines is 1. The van der Waals surface area contributed by atoms with E-state index in [1.54, 1.807) is 33.4 Å². The Kier molecular flexibility index (Phi) is 4.17. The van der Waals surface area contributed by atoms with Crippen LogP contribution >= 0.6 is 0 Å². The van der Waals surface area contributed by atoms with Gasteiger partial charge in [-0.25, -0.2) is 15.0 Å². The average Bonchev–Trinajstić information content (AvgIpc) is 3.18. The van der Waals surface area contributed by atoms with Crippen molar-refractivity contribution in [1.82, 2.24) is 28.5 Å². The lowest BCUT2D eigenvalue weighted by atomic mass is 10.1. The number of nitrogens with zero attached hydrogens (tertiary/aromatic N) is 5. The second-order valence-corrected chi connectivity index (χ2v) is 7.82. The van der Waals surface area contributed by atoms with E-state index in [1.165, 1.54) is 8.61 Å². The standard InChI is InChI=1S/C14H20N6O2S/c1-10-17-11(9-12(18-10)14-15-6-7-16-14)13-5-4-8-20(13)23(21,22)19(2)3/h6-7,9,13H,4-5,8H2,1-3H3,(H,15,16). The molecule has 23 heavy (non-hydrogen) atoms. The summed E-state index contributed by atoms with van der Waals surface area (Å²) < 4.78 is 27.8. The second-order valence-electron chi connectivity index (χ2n) is 5.72. The molecule has 1 atom stereocenters. The van der Waals surface area contributed by atoms with Crippen molar-refractivity contribution in [2.24, 2.45) is 0 Å². The van der Waals surface area contributed by atoms with Gasteiger partial charge in [-0.1, -0.05) is 0 Å². The van der Waals surface area contributed by atoms with E-state index < -0.39 is 10.2 Å². The maximum absolute atomic E-state index is 12.5. The molecule has 0 spiro atoms. The Morgan fingerprint density at radius 2 is 2.13 bits per heavy atom. The highest BCUT2D eigenvalue weighted by Gasteiger charge is 2.37. The lowest BCUT2D eigenvalue weighted by molar-refractivity contribution is 0.357. The topological polar surface area (TPSA) is 95.1 Å². The Labute approximate surface area is 135 Å². The van der Waals surface area contributed by atoms with Gasteiger partial charge in [-0.15, -0.1) is 0 Å². The Balaban J connectivity index is 2.01. The van der Waals surface area contributed by atoms with E-state index in [0.29, 0.717) is 29.6 Å². The molecule has 2 aromatic heterocycles. The summed E-state index contributed by atoms with van der Waals surface area (Å²) in [6.07, 6.45) is 4.95. The van der Waals surface area contributed by atoms with E-state index in [4.69, 9.17) is 0 Å². The zero-order chi connectivity index (χ0) is 16.6. The first-order valence-electron chi connectivity index (χ1n) is 7.44. The normalized spacial score (nSPS) is 19.6. The van der Waals surface area contributed by atoms with E-state index >= 15 is 0 Å². The van der Waals surface area contributed by atoms with Crippen LogP contribution in [-0.4, -0.2) is 57.6 Å². The minimum absolute atomic E-state index is 0.266. The Hall–Kier alpha value is -1.84. The zero-order valence-corrected chi connectivity index (χ0v) is 14.2. The van der Waals surface area contributed by atoms with Crippen molar-refractivity contribution in [2.45, 2.75) is 25.8 Å². The summed E-state index contributed by atoms with van der Waals surface area (Å²) in [5.41, 5.74) is 1.39. The first kappa shape index (κ1) is 16.0. The average molecular weight is 336 g/mol. The second kappa shape index (κ2) is 5.99. The lowest BCUT2D eigenvalue weighted by Crippen LogP contribution is -2.39. The summed E-state index contributed by atoms with van der Waals surface area (Å²) in [7, 11) is -0.379. The molecule has 3 heterocycles. The Bertz CT molecular complexity index is 788. The summed E-state index contributed by atoms with van der Waals surface area (Å²) in [4.78, 5) is 16.1. The molecule has 0 saturated carbocycles. The van der Waals surface area contributed by atoms with Gasteiger partial charge in [-0.3, -0.25) is 0 Å². The fraction of sp³-hybridized carbons (Fsp3) is 0.500. The molecule has 1 aliphatic heterocycles. The third-order valence-corrected chi connectivity index (χ3v) is 5.85. The van der Waals surface area contributed by atoms with E-state index in [9.17, 15) is 8.42 Å². The molecule has 1 fully saturated rings. The van der Waals surface area contributed by atoms with E-state index in [1.807, 2.05) is 6.07 Å². The number of imidazole rings is 1. The van der Waals surface area contributed by atoms with Gasteiger partial charge < -0.3 is 4.98 Å². The van der Waals surface area contributed by atoms with Gasteiger partial charge in [0.25, 0.3) is 10.2 Å². The van der Waals surface area contributed by atoms with Crippen molar-refractivity contribution in [1.29, 1.82) is 0 Å². The molecule has 2 aromatic rings. The van der Waals surface area contributed by atoms with Crippen molar-refractivity contribution in [3.8, 4) is 11.5 Å². The van der Waals surface area contributed by atoms with Crippen molar-refractivity contribution in [3.05, 3.63) is 30.0 Å². The van der Waals surface area contributed by atoms with E-state index in [0.717, 1.165) is 12.8 Å². The molecule has 0 amide bonds. The van der Waals surface area contributed by atoms with Gasteiger partial charge in [0.2, 0.25) is 0 Å². The van der Waals surface area contributed by atoms with Crippen LogP contribution in [0.4, 0.5) is 0 Å². The molecular formula is C14H20N6O2S. The van der Waals surface area contributed by atoms with Gasteiger partial charge in [0.1, 0.15) is 11.5 Å². The molecule has 3 rings (SSSR count). The van der Waals surface area contributed by atoms with Gasteiger partial charge in [0.15, 0.2) is 5.82 Å². The third-order valence-electron chi connectivity index (χ3n) is 3.90. The summed E-state index contributed by atoms with van der Waals surface area (Å²) in [6, 6.07) is 1.55. The molecule has 0 bridgehead atoms. The van der Waals surface area contributed by atoms with Gasteiger partial charge in [-0.05, 0) is 25.8 Å². The summed E-state index contributed by atoms with van der Waals surface area (Å²) in [5, 5.41) is 0. The van der Waals surface area contributed by atoms with Crippen LogP contribution in [0.25, 0.3) is 11.5 Å². The molecule has 9 heteroatoms. The predicted octanol–water partition coefficient (Wildman–Crippen LogP) is 1.12.